The van der Waals surface area contributed by atoms with Gasteiger partial charge in [-0.15, -0.1) is 0 Å². The second kappa shape index (κ2) is 11.5. The van der Waals surface area contributed by atoms with E-state index in [1.165, 1.54) is 12.8 Å². The number of morpholine rings is 1. The number of aliphatic hydroxyl groups excluding tert-OH is 1. The van der Waals surface area contributed by atoms with Crippen LogP contribution in [0.1, 0.15) is 106 Å². The lowest BCUT2D eigenvalue weighted by Gasteiger charge is -2.65. The van der Waals surface area contributed by atoms with E-state index in [1.807, 2.05) is 13.8 Å². The molecule has 6 fully saturated rings. The Morgan fingerprint density at radius 3 is 2.31 bits per heavy atom. The standard InChI is InChI=1S/C36H60N2O7/c1-22(2)29(45-30(37)40)24-18-23(3)19-33(6)12-13-36-21-35(36)11-10-28(44-31(41)38-14-16-42-17-15-38)32(4,5)25(35)8-9-26(36)34(33,7)27(39)20-43-24/h22-29,39H,8-21H2,1-7H3,(H2,37,40). The first-order valence-electron chi connectivity index (χ1n) is 17.9. The Labute approximate surface area is 270 Å². The highest BCUT2D eigenvalue weighted by Crippen LogP contribution is 2.88. The zero-order chi connectivity index (χ0) is 32.6. The van der Waals surface area contributed by atoms with Crippen LogP contribution in [0, 0.1) is 50.7 Å². The van der Waals surface area contributed by atoms with E-state index in [9.17, 15) is 14.7 Å². The Morgan fingerprint density at radius 2 is 1.64 bits per heavy atom. The second-order valence-corrected chi connectivity index (χ2v) is 17.4. The quantitative estimate of drug-likeness (QED) is 0.382. The van der Waals surface area contributed by atoms with Gasteiger partial charge in [-0.2, -0.15) is 0 Å². The van der Waals surface area contributed by atoms with Crippen LogP contribution >= 0.6 is 0 Å². The molecule has 11 unspecified atom stereocenters. The summed E-state index contributed by atoms with van der Waals surface area (Å²) in [5, 5.41) is 12.3. The topological polar surface area (TPSA) is 121 Å². The van der Waals surface area contributed by atoms with Crippen molar-refractivity contribution in [3.63, 3.8) is 0 Å². The van der Waals surface area contributed by atoms with Crippen LogP contribution in [0.15, 0.2) is 0 Å². The maximum atomic E-state index is 13.2. The number of nitrogens with zero attached hydrogens (tertiary/aromatic N) is 1. The van der Waals surface area contributed by atoms with Gasteiger partial charge in [0, 0.05) is 23.9 Å². The maximum absolute atomic E-state index is 13.2. The Balaban J connectivity index is 1.24. The first-order chi connectivity index (χ1) is 21.1. The molecule has 256 valence electrons. The van der Waals surface area contributed by atoms with Crippen molar-refractivity contribution in [3.05, 3.63) is 0 Å². The van der Waals surface area contributed by atoms with Gasteiger partial charge in [0.15, 0.2) is 0 Å². The normalized spacial score (nSPS) is 46.6. The van der Waals surface area contributed by atoms with Crippen molar-refractivity contribution in [2.24, 2.45) is 56.5 Å². The number of fused-ring (bicyclic) bond motifs is 2. The van der Waals surface area contributed by atoms with Gasteiger partial charge in [-0.05, 0) is 97.7 Å². The van der Waals surface area contributed by atoms with Crippen molar-refractivity contribution in [3.8, 4) is 0 Å². The molecule has 2 saturated heterocycles. The summed E-state index contributed by atoms with van der Waals surface area (Å²) in [4.78, 5) is 26.8. The lowest BCUT2D eigenvalue weighted by Crippen LogP contribution is -2.62. The molecule has 0 aromatic carbocycles. The average Bonchev–Trinajstić information content (AvgIpc) is 3.65. The highest BCUT2D eigenvalue weighted by atomic mass is 16.6. The molecule has 0 radical (unpaired) electrons. The summed E-state index contributed by atoms with van der Waals surface area (Å²) in [6.07, 6.45) is 7.09. The average molecular weight is 633 g/mol. The molecular formula is C36H60N2O7. The summed E-state index contributed by atoms with van der Waals surface area (Å²) in [6.45, 7) is 18.5. The monoisotopic (exact) mass is 632 g/mol. The predicted molar refractivity (Wildman–Crippen MR) is 170 cm³/mol. The van der Waals surface area contributed by atoms with Crippen LogP contribution in [-0.2, 0) is 18.9 Å². The summed E-state index contributed by atoms with van der Waals surface area (Å²) < 4.78 is 23.9. The largest absolute Gasteiger partial charge is 0.446 e. The van der Waals surface area contributed by atoms with Crippen molar-refractivity contribution >= 4 is 12.2 Å². The van der Waals surface area contributed by atoms with Crippen LogP contribution in [-0.4, -0.2) is 79.5 Å². The Hall–Kier alpha value is -1.58. The highest BCUT2D eigenvalue weighted by Gasteiger charge is 2.82. The Morgan fingerprint density at radius 1 is 0.978 bits per heavy atom. The van der Waals surface area contributed by atoms with Crippen LogP contribution in [0.5, 0.6) is 0 Å². The fraction of sp³-hybridized carbons (Fsp3) is 0.944. The molecule has 0 aromatic rings. The third-order valence-electron chi connectivity index (χ3n) is 14.7. The Kier molecular flexibility index (Phi) is 8.54. The molecule has 2 aliphatic heterocycles. The van der Waals surface area contributed by atoms with Gasteiger partial charge in [0.2, 0.25) is 0 Å². The first-order valence-corrected chi connectivity index (χ1v) is 17.9. The van der Waals surface area contributed by atoms with E-state index < -0.39 is 18.3 Å². The van der Waals surface area contributed by atoms with E-state index in [4.69, 9.17) is 24.7 Å². The van der Waals surface area contributed by atoms with Gasteiger partial charge in [-0.25, -0.2) is 9.59 Å². The van der Waals surface area contributed by atoms with Crippen molar-refractivity contribution in [1.29, 1.82) is 0 Å². The summed E-state index contributed by atoms with van der Waals surface area (Å²) in [7, 11) is 0. The molecular weight excluding hydrogens is 572 g/mol. The Bertz CT molecular complexity index is 1140. The summed E-state index contributed by atoms with van der Waals surface area (Å²) in [6, 6.07) is 0. The number of ether oxygens (including phenoxy) is 4. The molecule has 9 heteroatoms. The van der Waals surface area contributed by atoms with Crippen LogP contribution in [0.4, 0.5) is 9.59 Å². The molecule has 2 spiro atoms. The maximum Gasteiger partial charge on any atom is 0.410 e. The van der Waals surface area contributed by atoms with Gasteiger partial charge in [0.05, 0.1) is 32.0 Å². The van der Waals surface area contributed by atoms with E-state index in [-0.39, 0.29) is 57.9 Å². The van der Waals surface area contributed by atoms with Crippen molar-refractivity contribution in [2.45, 2.75) is 131 Å². The lowest BCUT2D eigenvalue weighted by molar-refractivity contribution is -0.210. The number of hydrogen-bond donors (Lipinski definition) is 2. The molecule has 11 atom stereocenters. The third-order valence-corrected chi connectivity index (χ3v) is 14.7. The lowest BCUT2D eigenvalue weighted by atomic mass is 9.40. The third kappa shape index (κ3) is 5.11. The minimum Gasteiger partial charge on any atom is -0.446 e. The number of nitrogens with two attached hydrogens (primary N) is 1. The van der Waals surface area contributed by atoms with E-state index >= 15 is 0 Å². The van der Waals surface area contributed by atoms with Crippen molar-refractivity contribution < 1.29 is 33.6 Å². The van der Waals surface area contributed by atoms with E-state index in [2.05, 4.69) is 34.6 Å². The van der Waals surface area contributed by atoms with Crippen LogP contribution in [0.3, 0.4) is 0 Å². The van der Waals surface area contributed by atoms with E-state index in [0.29, 0.717) is 44.1 Å². The predicted octanol–water partition coefficient (Wildman–Crippen LogP) is 6.15. The number of aliphatic hydroxyl groups is 1. The molecule has 2 heterocycles. The summed E-state index contributed by atoms with van der Waals surface area (Å²) in [5.41, 5.74) is 5.49. The molecule has 4 saturated carbocycles. The fourth-order valence-corrected chi connectivity index (χ4v) is 12.3. The molecule has 0 aromatic heterocycles. The smallest absolute Gasteiger partial charge is 0.410 e. The number of carbonyl (C=O) groups excluding carboxylic acids is 2. The van der Waals surface area contributed by atoms with Crippen molar-refractivity contribution in [2.75, 3.05) is 32.9 Å². The van der Waals surface area contributed by atoms with Crippen molar-refractivity contribution in [1.82, 2.24) is 4.90 Å². The first kappa shape index (κ1) is 33.3. The molecule has 3 N–H and O–H groups in total. The molecule has 45 heavy (non-hydrogen) atoms. The zero-order valence-electron chi connectivity index (χ0n) is 28.9. The SMILES string of the molecule is CC1CC(C(OC(N)=O)C(C)C)OCC(O)C2(C)C3CCC4C(C)(C)C(OC(=O)N5CCOCC5)CCC45CC35CCC2(C)C1. The molecule has 9 nitrogen and oxygen atoms in total. The second-order valence-electron chi connectivity index (χ2n) is 17.4. The highest BCUT2D eigenvalue weighted by molar-refractivity contribution is 5.68. The van der Waals surface area contributed by atoms with Crippen LogP contribution < -0.4 is 5.73 Å². The number of hydrogen-bond acceptors (Lipinski definition) is 7. The number of carbonyl (C=O) groups is 2. The number of rotatable bonds is 4. The van der Waals surface area contributed by atoms with E-state index in [0.717, 1.165) is 44.9 Å². The molecule has 0 bridgehead atoms. The van der Waals surface area contributed by atoms with Gasteiger partial charge in [-0.1, -0.05) is 48.5 Å². The molecule has 4 aliphatic carbocycles. The van der Waals surface area contributed by atoms with Gasteiger partial charge in [0.1, 0.15) is 12.2 Å². The molecule has 6 rings (SSSR count). The van der Waals surface area contributed by atoms with E-state index in [1.54, 1.807) is 4.90 Å². The fourth-order valence-electron chi connectivity index (χ4n) is 12.3. The summed E-state index contributed by atoms with van der Waals surface area (Å²) in [5.74, 6) is 1.30. The van der Waals surface area contributed by atoms with Crippen LogP contribution in [0.2, 0.25) is 0 Å². The molecule has 2 amide bonds. The molecule has 6 aliphatic rings. The number of primary amides is 1. The number of amides is 2. The minimum atomic E-state index is -0.774. The zero-order valence-corrected chi connectivity index (χ0v) is 28.9. The van der Waals surface area contributed by atoms with Gasteiger partial charge in [-0.3, -0.25) is 0 Å². The minimum absolute atomic E-state index is 0.0328. The van der Waals surface area contributed by atoms with Gasteiger partial charge < -0.3 is 34.7 Å². The van der Waals surface area contributed by atoms with Gasteiger partial charge in [0.25, 0.3) is 0 Å². The summed E-state index contributed by atoms with van der Waals surface area (Å²) >= 11 is 0. The van der Waals surface area contributed by atoms with Crippen LogP contribution in [0.25, 0.3) is 0 Å². The van der Waals surface area contributed by atoms with Gasteiger partial charge >= 0.3 is 12.2 Å².